The van der Waals surface area contributed by atoms with Crippen molar-refractivity contribution in [3.63, 3.8) is 0 Å². The number of unbranched alkanes of at least 4 members (excludes halogenated alkanes) is 1. The summed E-state index contributed by atoms with van der Waals surface area (Å²) in [7, 11) is -2.29. The fourth-order valence-electron chi connectivity index (χ4n) is 2.93. The average molecular weight is 455 g/mol. The zero-order valence-corrected chi connectivity index (χ0v) is 18.8. The van der Waals surface area contributed by atoms with Crippen molar-refractivity contribution in [1.82, 2.24) is 0 Å². The highest BCUT2D eigenvalue weighted by Gasteiger charge is 2.17. The molecule has 3 rings (SSSR count). The Hall–Kier alpha value is -3.52. The van der Waals surface area contributed by atoms with Crippen LogP contribution in [0.4, 0.5) is 11.4 Å². The molecule has 0 fully saturated rings. The summed E-state index contributed by atoms with van der Waals surface area (Å²) in [4.78, 5) is 13.0. The van der Waals surface area contributed by atoms with Crippen LogP contribution in [0.15, 0.2) is 77.7 Å². The van der Waals surface area contributed by atoms with Crippen LogP contribution in [0.3, 0.4) is 0 Å². The normalized spacial score (nSPS) is 10.9. The molecule has 0 atom stereocenters. The first-order valence-electron chi connectivity index (χ1n) is 10.2. The van der Waals surface area contributed by atoms with Crippen LogP contribution in [0.2, 0.25) is 0 Å². The topological polar surface area (TPSA) is 93.7 Å². The molecular formula is C24H26N2O5S. The number of hydrogen-bond acceptors (Lipinski definition) is 5. The van der Waals surface area contributed by atoms with Gasteiger partial charge in [0, 0.05) is 5.56 Å². The molecule has 0 saturated carbocycles. The summed E-state index contributed by atoms with van der Waals surface area (Å²) in [5.41, 5.74) is 0.945. The van der Waals surface area contributed by atoms with Crippen LogP contribution in [0.25, 0.3) is 0 Å². The molecule has 0 aromatic heterocycles. The number of sulfonamides is 1. The van der Waals surface area contributed by atoms with Gasteiger partial charge in [0.15, 0.2) is 11.5 Å². The van der Waals surface area contributed by atoms with E-state index < -0.39 is 15.9 Å². The molecule has 7 nitrogen and oxygen atoms in total. The minimum atomic E-state index is -3.80. The van der Waals surface area contributed by atoms with Gasteiger partial charge in [-0.15, -0.1) is 0 Å². The fraction of sp³-hybridized carbons (Fsp3) is 0.208. The molecule has 3 aromatic carbocycles. The standard InChI is InChI=1S/C24H26N2O5S/c1-3-4-16-31-22-15-14-18(17-23(22)30-2)24(27)25-20-12-8-9-13-21(20)26-32(28,29)19-10-6-5-7-11-19/h5-15,17,26H,3-4,16H2,1-2H3,(H,25,27). The number of amides is 1. The van der Waals surface area contributed by atoms with E-state index in [0.717, 1.165) is 12.8 Å². The summed E-state index contributed by atoms with van der Waals surface area (Å²) in [5.74, 6) is 0.607. The van der Waals surface area contributed by atoms with Gasteiger partial charge >= 0.3 is 0 Å². The molecule has 0 radical (unpaired) electrons. The molecule has 3 aromatic rings. The van der Waals surface area contributed by atoms with Crippen LogP contribution in [0.1, 0.15) is 30.1 Å². The second kappa shape index (κ2) is 10.7. The van der Waals surface area contributed by atoms with Crippen LogP contribution in [-0.2, 0) is 10.0 Å². The van der Waals surface area contributed by atoms with Crippen LogP contribution in [-0.4, -0.2) is 28.0 Å². The highest BCUT2D eigenvalue weighted by molar-refractivity contribution is 7.92. The van der Waals surface area contributed by atoms with Crippen molar-refractivity contribution in [2.75, 3.05) is 23.8 Å². The number of nitrogens with one attached hydrogen (secondary N) is 2. The Morgan fingerprint density at radius 1 is 0.906 bits per heavy atom. The van der Waals surface area contributed by atoms with Crippen molar-refractivity contribution in [2.24, 2.45) is 0 Å². The molecule has 0 aliphatic rings. The van der Waals surface area contributed by atoms with E-state index in [0.29, 0.717) is 29.4 Å². The van der Waals surface area contributed by atoms with Crippen LogP contribution in [0.5, 0.6) is 11.5 Å². The molecule has 1 amide bonds. The monoisotopic (exact) mass is 454 g/mol. The fourth-order valence-corrected chi connectivity index (χ4v) is 4.03. The Bertz CT molecular complexity index is 1160. The van der Waals surface area contributed by atoms with Gasteiger partial charge in [0.1, 0.15) is 0 Å². The third-order valence-electron chi connectivity index (χ3n) is 4.65. The van der Waals surface area contributed by atoms with E-state index in [9.17, 15) is 13.2 Å². The summed E-state index contributed by atoms with van der Waals surface area (Å²) in [6, 6.07) is 19.5. The van der Waals surface area contributed by atoms with E-state index in [2.05, 4.69) is 17.0 Å². The Balaban J connectivity index is 1.79. The van der Waals surface area contributed by atoms with E-state index >= 15 is 0 Å². The third-order valence-corrected chi connectivity index (χ3v) is 6.04. The first-order chi connectivity index (χ1) is 15.4. The van der Waals surface area contributed by atoms with Gasteiger partial charge in [-0.1, -0.05) is 43.7 Å². The zero-order chi connectivity index (χ0) is 23.0. The lowest BCUT2D eigenvalue weighted by Gasteiger charge is -2.15. The summed E-state index contributed by atoms with van der Waals surface area (Å²) in [6.07, 6.45) is 1.93. The molecule has 32 heavy (non-hydrogen) atoms. The lowest BCUT2D eigenvalue weighted by atomic mass is 10.1. The van der Waals surface area contributed by atoms with E-state index in [1.54, 1.807) is 60.7 Å². The van der Waals surface area contributed by atoms with Crippen molar-refractivity contribution < 1.29 is 22.7 Å². The molecule has 0 spiro atoms. The summed E-state index contributed by atoms with van der Waals surface area (Å²) in [5, 5.41) is 2.76. The summed E-state index contributed by atoms with van der Waals surface area (Å²) in [6.45, 7) is 2.64. The smallest absolute Gasteiger partial charge is 0.261 e. The van der Waals surface area contributed by atoms with Gasteiger partial charge in [0.25, 0.3) is 15.9 Å². The van der Waals surface area contributed by atoms with Crippen molar-refractivity contribution >= 4 is 27.3 Å². The molecule has 0 heterocycles. The van der Waals surface area contributed by atoms with Crippen molar-refractivity contribution in [3.05, 3.63) is 78.4 Å². The van der Waals surface area contributed by atoms with Crippen LogP contribution < -0.4 is 19.5 Å². The number of hydrogen-bond donors (Lipinski definition) is 2. The second-order valence-electron chi connectivity index (χ2n) is 6.99. The third kappa shape index (κ3) is 5.79. The highest BCUT2D eigenvalue weighted by atomic mass is 32.2. The minimum absolute atomic E-state index is 0.129. The van der Waals surface area contributed by atoms with E-state index in [-0.39, 0.29) is 10.6 Å². The highest BCUT2D eigenvalue weighted by Crippen LogP contribution is 2.30. The Kier molecular flexibility index (Phi) is 7.72. The number of benzene rings is 3. The molecule has 0 unspecified atom stereocenters. The van der Waals surface area contributed by atoms with Crippen LogP contribution in [0, 0.1) is 0 Å². The quantitative estimate of drug-likeness (QED) is 0.424. The Labute approximate surface area is 188 Å². The van der Waals surface area contributed by atoms with Crippen molar-refractivity contribution in [2.45, 2.75) is 24.7 Å². The van der Waals surface area contributed by atoms with Crippen LogP contribution >= 0.6 is 0 Å². The largest absolute Gasteiger partial charge is 0.493 e. The van der Waals surface area contributed by atoms with E-state index in [4.69, 9.17) is 9.47 Å². The average Bonchev–Trinajstić information content (AvgIpc) is 2.81. The molecular weight excluding hydrogens is 428 g/mol. The van der Waals surface area contributed by atoms with Crippen molar-refractivity contribution in [1.29, 1.82) is 0 Å². The van der Waals surface area contributed by atoms with Crippen molar-refractivity contribution in [3.8, 4) is 11.5 Å². The van der Waals surface area contributed by atoms with Gasteiger partial charge in [-0.05, 0) is 48.9 Å². The van der Waals surface area contributed by atoms with Gasteiger partial charge in [-0.2, -0.15) is 0 Å². The summed E-state index contributed by atoms with van der Waals surface area (Å²) < 4.78 is 39.0. The maximum atomic E-state index is 12.9. The van der Waals surface area contributed by atoms with Gasteiger partial charge in [0.2, 0.25) is 0 Å². The second-order valence-corrected chi connectivity index (χ2v) is 8.67. The Morgan fingerprint density at radius 3 is 2.28 bits per heavy atom. The minimum Gasteiger partial charge on any atom is -0.493 e. The predicted molar refractivity (Wildman–Crippen MR) is 125 cm³/mol. The zero-order valence-electron chi connectivity index (χ0n) is 18.0. The summed E-state index contributed by atoms with van der Waals surface area (Å²) >= 11 is 0. The SMILES string of the molecule is CCCCOc1ccc(C(=O)Nc2ccccc2NS(=O)(=O)c2ccccc2)cc1OC. The van der Waals surface area contributed by atoms with Gasteiger partial charge in [0.05, 0.1) is 30.0 Å². The van der Waals surface area contributed by atoms with Gasteiger partial charge in [-0.3, -0.25) is 9.52 Å². The first kappa shape index (κ1) is 23.1. The van der Waals surface area contributed by atoms with E-state index in [1.807, 2.05) is 0 Å². The number of carbonyl (C=O) groups excluding carboxylic acids is 1. The number of carbonyl (C=O) groups is 1. The molecule has 0 aliphatic heterocycles. The van der Waals surface area contributed by atoms with Gasteiger partial charge < -0.3 is 14.8 Å². The predicted octanol–water partition coefficient (Wildman–Crippen LogP) is 4.93. The van der Waals surface area contributed by atoms with Gasteiger partial charge in [-0.25, -0.2) is 8.42 Å². The lowest BCUT2D eigenvalue weighted by molar-refractivity contribution is 0.102. The number of rotatable bonds is 10. The molecule has 0 saturated heterocycles. The Morgan fingerprint density at radius 2 is 1.59 bits per heavy atom. The molecule has 2 N–H and O–H groups in total. The van der Waals surface area contributed by atoms with E-state index in [1.165, 1.54) is 19.2 Å². The molecule has 0 aliphatic carbocycles. The number of ether oxygens (including phenoxy) is 2. The first-order valence-corrected chi connectivity index (χ1v) is 11.7. The lowest BCUT2D eigenvalue weighted by Crippen LogP contribution is -2.17. The molecule has 0 bridgehead atoms. The molecule has 8 heteroatoms. The number of anilines is 2. The molecule has 168 valence electrons. The maximum Gasteiger partial charge on any atom is 0.261 e. The maximum absolute atomic E-state index is 12.9. The number of para-hydroxylation sites is 2. The number of methoxy groups -OCH3 is 1.